The SMILES string of the molecule is Cc1cc(NC2CCN(c3ccc(N(C)C)cc3)CC2)ccn1. The van der Waals surface area contributed by atoms with Gasteiger partial charge in [0.05, 0.1) is 0 Å². The van der Waals surface area contributed by atoms with Gasteiger partial charge in [-0.05, 0) is 56.2 Å². The largest absolute Gasteiger partial charge is 0.382 e. The minimum atomic E-state index is 0.550. The Hall–Kier alpha value is -2.23. The van der Waals surface area contributed by atoms with E-state index in [0.717, 1.165) is 31.6 Å². The molecule has 0 unspecified atom stereocenters. The van der Waals surface area contributed by atoms with E-state index in [1.807, 2.05) is 13.1 Å². The Bertz CT molecular complexity index is 628. The summed E-state index contributed by atoms with van der Waals surface area (Å²) in [6.07, 6.45) is 4.20. The Balaban J connectivity index is 1.55. The molecule has 0 atom stereocenters. The van der Waals surface area contributed by atoms with E-state index in [4.69, 9.17) is 0 Å². The lowest BCUT2D eigenvalue weighted by Gasteiger charge is -2.34. The van der Waals surface area contributed by atoms with Crippen LogP contribution in [0, 0.1) is 6.92 Å². The Morgan fingerprint density at radius 2 is 1.78 bits per heavy atom. The minimum absolute atomic E-state index is 0.550. The van der Waals surface area contributed by atoms with Crippen LogP contribution < -0.4 is 15.1 Å². The number of nitrogens with one attached hydrogen (secondary N) is 1. The van der Waals surface area contributed by atoms with E-state index >= 15 is 0 Å². The molecule has 23 heavy (non-hydrogen) atoms. The molecule has 1 aliphatic heterocycles. The molecular weight excluding hydrogens is 284 g/mol. The van der Waals surface area contributed by atoms with Crippen molar-refractivity contribution < 1.29 is 0 Å². The average Bonchev–Trinajstić information content (AvgIpc) is 2.56. The second kappa shape index (κ2) is 6.90. The molecule has 1 aromatic carbocycles. The van der Waals surface area contributed by atoms with E-state index < -0.39 is 0 Å². The van der Waals surface area contributed by atoms with Crippen molar-refractivity contribution in [2.24, 2.45) is 0 Å². The molecule has 1 saturated heterocycles. The summed E-state index contributed by atoms with van der Waals surface area (Å²) >= 11 is 0. The predicted octanol–water partition coefficient (Wildman–Crippen LogP) is 3.54. The van der Waals surface area contributed by atoms with Crippen molar-refractivity contribution in [3.8, 4) is 0 Å². The van der Waals surface area contributed by atoms with Crippen LogP contribution in [0.3, 0.4) is 0 Å². The van der Waals surface area contributed by atoms with Crippen LogP contribution in [-0.2, 0) is 0 Å². The molecule has 0 amide bonds. The van der Waals surface area contributed by atoms with Crippen molar-refractivity contribution in [3.05, 3.63) is 48.3 Å². The minimum Gasteiger partial charge on any atom is -0.382 e. The van der Waals surface area contributed by atoms with Gasteiger partial charge in [-0.25, -0.2) is 0 Å². The number of pyridine rings is 1. The topological polar surface area (TPSA) is 31.4 Å². The first kappa shape index (κ1) is 15.7. The van der Waals surface area contributed by atoms with Gasteiger partial charge in [-0.15, -0.1) is 0 Å². The Kier molecular flexibility index (Phi) is 4.70. The molecule has 2 aromatic rings. The number of benzene rings is 1. The van der Waals surface area contributed by atoms with Crippen LogP contribution in [0.1, 0.15) is 18.5 Å². The van der Waals surface area contributed by atoms with Crippen LogP contribution in [0.4, 0.5) is 17.1 Å². The van der Waals surface area contributed by atoms with Crippen molar-refractivity contribution in [2.45, 2.75) is 25.8 Å². The number of hydrogen-bond donors (Lipinski definition) is 1. The first-order valence-corrected chi connectivity index (χ1v) is 8.33. The van der Waals surface area contributed by atoms with Crippen molar-refractivity contribution in [1.82, 2.24) is 4.98 Å². The fourth-order valence-electron chi connectivity index (χ4n) is 3.11. The summed E-state index contributed by atoms with van der Waals surface area (Å²) in [5.41, 5.74) is 4.83. The Labute approximate surface area is 139 Å². The van der Waals surface area contributed by atoms with Gasteiger partial charge >= 0.3 is 0 Å². The van der Waals surface area contributed by atoms with Crippen molar-refractivity contribution in [3.63, 3.8) is 0 Å². The highest BCUT2D eigenvalue weighted by Gasteiger charge is 2.19. The average molecular weight is 310 g/mol. The summed E-state index contributed by atoms with van der Waals surface area (Å²) in [6.45, 7) is 4.23. The van der Waals surface area contributed by atoms with E-state index in [1.54, 1.807) is 0 Å². The van der Waals surface area contributed by atoms with E-state index in [1.165, 1.54) is 17.1 Å². The molecule has 1 aliphatic rings. The van der Waals surface area contributed by atoms with Crippen molar-refractivity contribution >= 4 is 17.1 Å². The number of nitrogens with zero attached hydrogens (tertiary/aromatic N) is 3. The van der Waals surface area contributed by atoms with Crippen LogP contribution in [0.2, 0.25) is 0 Å². The van der Waals surface area contributed by atoms with Crippen molar-refractivity contribution in [1.29, 1.82) is 0 Å². The third kappa shape index (κ3) is 3.95. The molecule has 1 aromatic heterocycles. The van der Waals surface area contributed by atoms with Gasteiger partial charge in [0, 0.05) is 62.2 Å². The summed E-state index contributed by atoms with van der Waals surface area (Å²) in [7, 11) is 4.15. The van der Waals surface area contributed by atoms with Crippen LogP contribution in [0.25, 0.3) is 0 Å². The lowest BCUT2D eigenvalue weighted by molar-refractivity contribution is 0.526. The summed E-state index contributed by atoms with van der Waals surface area (Å²) in [5.74, 6) is 0. The van der Waals surface area contributed by atoms with Crippen LogP contribution in [0.5, 0.6) is 0 Å². The van der Waals surface area contributed by atoms with Gasteiger partial charge in [0.25, 0.3) is 0 Å². The molecule has 0 radical (unpaired) electrons. The number of anilines is 3. The quantitative estimate of drug-likeness (QED) is 0.936. The summed E-state index contributed by atoms with van der Waals surface area (Å²) in [4.78, 5) is 8.87. The van der Waals surface area contributed by atoms with Gasteiger partial charge in [-0.3, -0.25) is 4.98 Å². The number of piperidine rings is 1. The maximum absolute atomic E-state index is 4.25. The first-order chi connectivity index (χ1) is 11.1. The van der Waals surface area contributed by atoms with Crippen LogP contribution in [-0.4, -0.2) is 38.2 Å². The molecule has 4 nitrogen and oxygen atoms in total. The third-order valence-corrected chi connectivity index (χ3v) is 4.49. The monoisotopic (exact) mass is 310 g/mol. The van der Waals surface area contributed by atoms with Gasteiger partial charge in [-0.1, -0.05) is 0 Å². The second-order valence-electron chi connectivity index (χ2n) is 6.50. The van der Waals surface area contributed by atoms with Gasteiger partial charge < -0.3 is 15.1 Å². The normalized spacial score (nSPS) is 15.5. The van der Waals surface area contributed by atoms with Gasteiger partial charge in [0.1, 0.15) is 0 Å². The zero-order chi connectivity index (χ0) is 16.2. The molecule has 0 aliphatic carbocycles. The molecular formula is C19H26N4. The van der Waals surface area contributed by atoms with Crippen LogP contribution >= 0.6 is 0 Å². The summed E-state index contributed by atoms with van der Waals surface area (Å²) in [6, 6.07) is 13.6. The number of hydrogen-bond acceptors (Lipinski definition) is 4. The zero-order valence-electron chi connectivity index (χ0n) is 14.3. The predicted molar refractivity (Wildman–Crippen MR) is 98.6 cm³/mol. The smallest absolute Gasteiger partial charge is 0.0393 e. The fourth-order valence-corrected chi connectivity index (χ4v) is 3.11. The van der Waals surface area contributed by atoms with Gasteiger partial charge in [0.15, 0.2) is 0 Å². The highest BCUT2D eigenvalue weighted by molar-refractivity contribution is 5.56. The first-order valence-electron chi connectivity index (χ1n) is 8.33. The maximum atomic E-state index is 4.25. The summed E-state index contributed by atoms with van der Waals surface area (Å²) in [5, 5.41) is 3.64. The van der Waals surface area contributed by atoms with Gasteiger partial charge in [0.2, 0.25) is 0 Å². The van der Waals surface area contributed by atoms with Crippen LogP contribution in [0.15, 0.2) is 42.6 Å². The Morgan fingerprint density at radius 3 is 2.39 bits per heavy atom. The molecule has 122 valence electrons. The standard InChI is InChI=1S/C19H26N4/c1-15-14-17(8-11-20-15)21-16-9-12-23(13-10-16)19-6-4-18(5-7-19)22(2)3/h4-8,11,14,16H,9-10,12-13H2,1-3H3,(H,20,21). The van der Waals surface area contributed by atoms with Crippen molar-refractivity contribution in [2.75, 3.05) is 42.3 Å². The molecule has 3 rings (SSSR count). The highest BCUT2D eigenvalue weighted by Crippen LogP contribution is 2.24. The second-order valence-corrected chi connectivity index (χ2v) is 6.50. The number of aromatic nitrogens is 1. The molecule has 0 spiro atoms. The lowest BCUT2D eigenvalue weighted by Crippen LogP contribution is -2.39. The number of rotatable bonds is 4. The lowest BCUT2D eigenvalue weighted by atomic mass is 10.0. The van der Waals surface area contributed by atoms with E-state index in [9.17, 15) is 0 Å². The molecule has 0 bridgehead atoms. The zero-order valence-corrected chi connectivity index (χ0v) is 14.3. The van der Waals surface area contributed by atoms with E-state index in [0.29, 0.717) is 6.04 Å². The van der Waals surface area contributed by atoms with E-state index in [-0.39, 0.29) is 0 Å². The highest BCUT2D eigenvalue weighted by atomic mass is 15.1. The molecule has 1 fully saturated rings. The summed E-state index contributed by atoms with van der Waals surface area (Å²) < 4.78 is 0. The molecule has 1 N–H and O–H groups in total. The Morgan fingerprint density at radius 1 is 1.09 bits per heavy atom. The maximum Gasteiger partial charge on any atom is 0.0393 e. The molecule has 2 heterocycles. The molecule has 4 heteroatoms. The van der Waals surface area contributed by atoms with Gasteiger partial charge in [-0.2, -0.15) is 0 Å². The number of aryl methyl sites for hydroxylation is 1. The fraction of sp³-hybridized carbons (Fsp3) is 0.421. The molecule has 0 saturated carbocycles. The van der Waals surface area contributed by atoms with E-state index in [2.05, 4.69) is 70.6 Å². The third-order valence-electron chi connectivity index (χ3n) is 4.49.